The largest absolute Gasteiger partial charge is 0.321 e. The highest BCUT2D eigenvalue weighted by molar-refractivity contribution is 6.33. The standard InChI is InChI=1S/C10H11Cl2N/c11-7-2-3-9(12)8(6-7)10(13)4-1-5-10/h2-3,6H,1,4-5,13H2. The number of benzene rings is 1. The number of hydrogen-bond donors (Lipinski definition) is 1. The zero-order valence-electron chi connectivity index (χ0n) is 7.19. The molecule has 0 heterocycles. The first-order valence-corrected chi connectivity index (χ1v) is 5.12. The van der Waals surface area contributed by atoms with E-state index in [9.17, 15) is 0 Å². The van der Waals surface area contributed by atoms with Gasteiger partial charge >= 0.3 is 0 Å². The quantitative estimate of drug-likeness (QED) is 0.765. The van der Waals surface area contributed by atoms with Gasteiger partial charge in [-0.3, -0.25) is 0 Å². The first-order valence-electron chi connectivity index (χ1n) is 4.36. The molecule has 2 N–H and O–H groups in total. The average Bonchev–Trinajstić information content (AvgIpc) is 2.05. The minimum Gasteiger partial charge on any atom is -0.321 e. The van der Waals surface area contributed by atoms with Crippen molar-refractivity contribution in [3.63, 3.8) is 0 Å². The minimum absolute atomic E-state index is 0.220. The topological polar surface area (TPSA) is 26.0 Å². The molecule has 2 rings (SSSR count). The molecular weight excluding hydrogens is 205 g/mol. The van der Waals surface area contributed by atoms with Crippen molar-refractivity contribution < 1.29 is 0 Å². The number of halogens is 2. The second kappa shape index (κ2) is 3.16. The van der Waals surface area contributed by atoms with Crippen LogP contribution in [0.15, 0.2) is 18.2 Å². The maximum Gasteiger partial charge on any atom is 0.0457 e. The zero-order valence-corrected chi connectivity index (χ0v) is 8.70. The van der Waals surface area contributed by atoms with Gasteiger partial charge < -0.3 is 5.73 Å². The Morgan fingerprint density at radius 2 is 1.92 bits per heavy atom. The minimum atomic E-state index is -0.220. The highest BCUT2D eigenvalue weighted by Crippen LogP contribution is 2.42. The van der Waals surface area contributed by atoms with Gasteiger partial charge in [0.15, 0.2) is 0 Å². The number of nitrogens with two attached hydrogens (primary N) is 1. The smallest absolute Gasteiger partial charge is 0.0457 e. The molecule has 0 bridgehead atoms. The lowest BCUT2D eigenvalue weighted by atomic mass is 9.73. The van der Waals surface area contributed by atoms with E-state index in [1.54, 1.807) is 6.07 Å². The van der Waals surface area contributed by atoms with Gasteiger partial charge in [-0.1, -0.05) is 23.2 Å². The summed E-state index contributed by atoms with van der Waals surface area (Å²) in [6.07, 6.45) is 3.19. The van der Waals surface area contributed by atoms with E-state index in [4.69, 9.17) is 28.9 Å². The third-order valence-corrected chi connectivity index (χ3v) is 3.28. The van der Waals surface area contributed by atoms with Crippen molar-refractivity contribution in [3.8, 4) is 0 Å². The lowest BCUT2D eigenvalue weighted by Gasteiger charge is -2.39. The van der Waals surface area contributed by atoms with Crippen LogP contribution in [-0.4, -0.2) is 0 Å². The maximum atomic E-state index is 6.15. The molecule has 1 aliphatic carbocycles. The fraction of sp³-hybridized carbons (Fsp3) is 0.400. The molecule has 0 radical (unpaired) electrons. The Morgan fingerprint density at radius 3 is 2.46 bits per heavy atom. The molecule has 0 saturated heterocycles. The Kier molecular flexibility index (Phi) is 2.26. The Bertz CT molecular complexity index is 332. The summed E-state index contributed by atoms with van der Waals surface area (Å²) < 4.78 is 0. The van der Waals surface area contributed by atoms with E-state index in [0.717, 1.165) is 23.4 Å². The van der Waals surface area contributed by atoms with Gasteiger partial charge in [-0.05, 0) is 43.0 Å². The van der Waals surface area contributed by atoms with Crippen LogP contribution >= 0.6 is 23.2 Å². The van der Waals surface area contributed by atoms with Crippen LogP contribution in [0.3, 0.4) is 0 Å². The summed E-state index contributed by atoms with van der Waals surface area (Å²) in [6.45, 7) is 0. The molecule has 0 unspecified atom stereocenters. The fourth-order valence-electron chi connectivity index (χ4n) is 1.71. The molecule has 0 aromatic heterocycles. The lowest BCUT2D eigenvalue weighted by Crippen LogP contribution is -2.43. The Hall–Kier alpha value is -0.240. The van der Waals surface area contributed by atoms with Gasteiger partial charge in [-0.15, -0.1) is 0 Å². The molecule has 13 heavy (non-hydrogen) atoms. The molecule has 70 valence electrons. The van der Waals surface area contributed by atoms with Gasteiger partial charge in [0.05, 0.1) is 0 Å². The first-order chi connectivity index (χ1) is 6.12. The van der Waals surface area contributed by atoms with Crippen LogP contribution in [0, 0.1) is 0 Å². The molecule has 3 heteroatoms. The van der Waals surface area contributed by atoms with Crippen LogP contribution < -0.4 is 5.73 Å². The molecule has 0 spiro atoms. The van der Waals surface area contributed by atoms with E-state index in [2.05, 4.69) is 0 Å². The van der Waals surface area contributed by atoms with Crippen molar-refractivity contribution in [1.82, 2.24) is 0 Å². The third kappa shape index (κ3) is 1.56. The van der Waals surface area contributed by atoms with E-state index >= 15 is 0 Å². The maximum absolute atomic E-state index is 6.15. The van der Waals surface area contributed by atoms with Gasteiger partial charge in [0.1, 0.15) is 0 Å². The Labute approximate surface area is 87.8 Å². The van der Waals surface area contributed by atoms with Crippen LogP contribution in [0.2, 0.25) is 10.0 Å². The monoisotopic (exact) mass is 215 g/mol. The zero-order chi connectivity index (χ0) is 9.47. The van der Waals surface area contributed by atoms with Crippen molar-refractivity contribution in [1.29, 1.82) is 0 Å². The van der Waals surface area contributed by atoms with Crippen molar-refractivity contribution in [2.24, 2.45) is 5.73 Å². The lowest BCUT2D eigenvalue weighted by molar-refractivity contribution is 0.254. The summed E-state index contributed by atoms with van der Waals surface area (Å²) in [4.78, 5) is 0. The van der Waals surface area contributed by atoms with Gasteiger partial charge in [-0.2, -0.15) is 0 Å². The number of hydrogen-bond acceptors (Lipinski definition) is 1. The van der Waals surface area contributed by atoms with E-state index in [0.29, 0.717) is 5.02 Å². The molecule has 0 atom stereocenters. The molecule has 1 aromatic rings. The van der Waals surface area contributed by atoms with E-state index in [1.165, 1.54) is 6.42 Å². The molecular formula is C10H11Cl2N. The van der Waals surface area contributed by atoms with Crippen LogP contribution in [0.4, 0.5) is 0 Å². The predicted octanol–water partition coefficient (Wildman–Crippen LogP) is 3.33. The molecule has 1 aromatic carbocycles. The van der Waals surface area contributed by atoms with Crippen molar-refractivity contribution >= 4 is 23.2 Å². The second-order valence-corrected chi connectivity index (χ2v) is 4.48. The van der Waals surface area contributed by atoms with Gasteiger partial charge in [-0.25, -0.2) is 0 Å². The molecule has 0 amide bonds. The normalized spacial score (nSPS) is 19.6. The van der Waals surface area contributed by atoms with Gasteiger partial charge in [0.25, 0.3) is 0 Å². The van der Waals surface area contributed by atoms with Gasteiger partial charge in [0.2, 0.25) is 0 Å². The van der Waals surface area contributed by atoms with Crippen molar-refractivity contribution in [2.75, 3.05) is 0 Å². The Balaban J connectivity index is 2.43. The SMILES string of the molecule is NC1(c2cc(Cl)ccc2Cl)CCC1. The highest BCUT2D eigenvalue weighted by atomic mass is 35.5. The summed E-state index contributed by atoms with van der Waals surface area (Å²) in [7, 11) is 0. The highest BCUT2D eigenvalue weighted by Gasteiger charge is 2.35. The van der Waals surface area contributed by atoms with Crippen LogP contribution in [0.25, 0.3) is 0 Å². The van der Waals surface area contributed by atoms with Crippen molar-refractivity contribution in [2.45, 2.75) is 24.8 Å². The first kappa shape index (κ1) is 9.32. The van der Waals surface area contributed by atoms with E-state index < -0.39 is 0 Å². The molecule has 1 fully saturated rings. The molecule has 1 aliphatic rings. The number of rotatable bonds is 1. The summed E-state index contributed by atoms with van der Waals surface area (Å²) in [5.74, 6) is 0. The molecule has 1 nitrogen and oxygen atoms in total. The van der Waals surface area contributed by atoms with Crippen molar-refractivity contribution in [3.05, 3.63) is 33.8 Å². The Morgan fingerprint density at radius 1 is 1.23 bits per heavy atom. The van der Waals surface area contributed by atoms with Crippen LogP contribution in [0.1, 0.15) is 24.8 Å². The molecule has 0 aliphatic heterocycles. The summed E-state index contributed by atoms with van der Waals surface area (Å²) in [6, 6.07) is 5.48. The fourth-order valence-corrected chi connectivity index (χ4v) is 2.18. The van der Waals surface area contributed by atoms with E-state index in [-0.39, 0.29) is 5.54 Å². The summed E-state index contributed by atoms with van der Waals surface area (Å²) in [5, 5.41) is 1.43. The predicted molar refractivity (Wildman–Crippen MR) is 56.2 cm³/mol. The van der Waals surface area contributed by atoms with Crippen LogP contribution in [0.5, 0.6) is 0 Å². The molecule has 1 saturated carbocycles. The third-order valence-electron chi connectivity index (χ3n) is 2.71. The summed E-state index contributed by atoms with van der Waals surface area (Å²) >= 11 is 11.9. The van der Waals surface area contributed by atoms with E-state index in [1.807, 2.05) is 12.1 Å². The van der Waals surface area contributed by atoms with Crippen LogP contribution in [-0.2, 0) is 5.54 Å². The van der Waals surface area contributed by atoms with Gasteiger partial charge in [0, 0.05) is 15.6 Å². The second-order valence-electron chi connectivity index (χ2n) is 3.63. The summed E-state index contributed by atoms with van der Waals surface area (Å²) in [5.41, 5.74) is 6.92. The average molecular weight is 216 g/mol.